The summed E-state index contributed by atoms with van der Waals surface area (Å²) in [5, 5.41) is 6.58. The Labute approximate surface area is 115 Å². The molecule has 1 aromatic carbocycles. The van der Waals surface area contributed by atoms with Crippen molar-refractivity contribution in [2.24, 2.45) is 0 Å². The zero-order valence-electron chi connectivity index (χ0n) is 11.0. The van der Waals surface area contributed by atoms with Crippen molar-refractivity contribution in [1.82, 2.24) is 9.78 Å². The molecule has 0 atom stereocenters. The third kappa shape index (κ3) is 3.28. The van der Waals surface area contributed by atoms with Crippen molar-refractivity contribution >= 4 is 11.6 Å². The number of carbonyl (C=O) groups excluding carboxylic acids is 1. The number of carbonyl (C=O) groups is 1. The predicted molar refractivity (Wildman–Crippen MR) is 73.1 cm³/mol. The zero-order chi connectivity index (χ0) is 14.5. The Hall–Kier alpha value is -2.50. The number of hydrogen-bond acceptors (Lipinski definition) is 3. The van der Waals surface area contributed by atoms with Crippen molar-refractivity contribution in [3.05, 3.63) is 58.3 Å². The molecule has 6 heteroatoms. The zero-order valence-corrected chi connectivity index (χ0v) is 11.0. The molecule has 0 aliphatic rings. The molecule has 20 heavy (non-hydrogen) atoms. The number of nitrogens with zero attached hydrogens (tertiary/aromatic N) is 2. The fraction of sp³-hybridized carbons (Fsp3) is 0.214. The van der Waals surface area contributed by atoms with E-state index in [1.807, 2.05) is 6.92 Å². The van der Waals surface area contributed by atoms with E-state index in [-0.39, 0.29) is 17.1 Å². The van der Waals surface area contributed by atoms with Crippen LogP contribution >= 0.6 is 0 Å². The van der Waals surface area contributed by atoms with Crippen LogP contribution in [0.4, 0.5) is 10.1 Å². The summed E-state index contributed by atoms with van der Waals surface area (Å²) < 4.78 is 14.0. The van der Waals surface area contributed by atoms with Crippen molar-refractivity contribution in [3.8, 4) is 0 Å². The molecule has 2 rings (SSSR count). The summed E-state index contributed by atoms with van der Waals surface area (Å²) in [7, 11) is 0. The number of benzene rings is 1. The Kier molecular flexibility index (Phi) is 4.24. The van der Waals surface area contributed by atoms with Crippen molar-refractivity contribution in [2.45, 2.75) is 19.9 Å². The number of amides is 1. The van der Waals surface area contributed by atoms with Crippen LogP contribution in [0.5, 0.6) is 0 Å². The molecule has 1 N–H and O–H groups in total. The van der Waals surface area contributed by atoms with Gasteiger partial charge in [0.05, 0.1) is 0 Å². The molecule has 1 heterocycles. The second kappa shape index (κ2) is 6.10. The van der Waals surface area contributed by atoms with Gasteiger partial charge in [-0.15, -0.1) is 0 Å². The first kappa shape index (κ1) is 13.9. The average Bonchev–Trinajstić information content (AvgIpc) is 2.44. The Morgan fingerprint density at radius 2 is 1.95 bits per heavy atom. The Morgan fingerprint density at radius 3 is 2.60 bits per heavy atom. The van der Waals surface area contributed by atoms with Crippen LogP contribution in [-0.2, 0) is 6.54 Å². The number of rotatable bonds is 4. The average molecular weight is 275 g/mol. The minimum atomic E-state index is -0.443. The molecule has 0 saturated carbocycles. The lowest BCUT2D eigenvalue weighted by molar-refractivity contribution is 0.101. The molecule has 0 fully saturated rings. The van der Waals surface area contributed by atoms with Crippen LogP contribution in [0, 0.1) is 5.82 Å². The summed E-state index contributed by atoms with van der Waals surface area (Å²) in [6.07, 6.45) is 0.746. The number of aromatic nitrogens is 2. The summed E-state index contributed by atoms with van der Waals surface area (Å²) >= 11 is 0. The van der Waals surface area contributed by atoms with E-state index >= 15 is 0 Å². The molecular weight excluding hydrogens is 261 g/mol. The summed E-state index contributed by atoms with van der Waals surface area (Å²) in [5.41, 5.74) is 0.360. The smallest absolute Gasteiger partial charge is 0.276 e. The van der Waals surface area contributed by atoms with E-state index < -0.39 is 5.91 Å². The van der Waals surface area contributed by atoms with Crippen LogP contribution in [0.3, 0.4) is 0 Å². The van der Waals surface area contributed by atoms with Crippen molar-refractivity contribution in [2.75, 3.05) is 5.32 Å². The van der Waals surface area contributed by atoms with Gasteiger partial charge in [-0.05, 0) is 36.8 Å². The highest BCUT2D eigenvalue weighted by Crippen LogP contribution is 2.09. The van der Waals surface area contributed by atoms with E-state index in [2.05, 4.69) is 10.4 Å². The maximum atomic E-state index is 12.8. The molecule has 0 radical (unpaired) electrons. The van der Waals surface area contributed by atoms with Gasteiger partial charge >= 0.3 is 0 Å². The minimum absolute atomic E-state index is 0.141. The van der Waals surface area contributed by atoms with E-state index in [9.17, 15) is 14.0 Å². The molecule has 5 nitrogen and oxygen atoms in total. The molecule has 0 bridgehead atoms. The Bertz CT molecular complexity index is 665. The number of halogens is 1. The topological polar surface area (TPSA) is 64.0 Å². The van der Waals surface area contributed by atoms with E-state index in [1.165, 1.54) is 41.1 Å². The first-order chi connectivity index (χ1) is 9.60. The quantitative estimate of drug-likeness (QED) is 0.928. The number of aryl methyl sites for hydroxylation is 1. The lowest BCUT2D eigenvalue weighted by Gasteiger charge is -2.07. The first-order valence-electron chi connectivity index (χ1n) is 6.25. The van der Waals surface area contributed by atoms with Crippen LogP contribution in [0.2, 0.25) is 0 Å². The van der Waals surface area contributed by atoms with E-state index in [1.54, 1.807) is 0 Å². The molecular formula is C14H14FN3O2. The molecule has 0 aliphatic heterocycles. The molecule has 1 aromatic heterocycles. The maximum absolute atomic E-state index is 12.8. The van der Waals surface area contributed by atoms with Crippen LogP contribution < -0.4 is 10.9 Å². The number of anilines is 1. The van der Waals surface area contributed by atoms with Crippen LogP contribution in [0.15, 0.2) is 41.2 Å². The first-order valence-corrected chi connectivity index (χ1v) is 6.25. The lowest BCUT2D eigenvalue weighted by Crippen LogP contribution is -2.26. The van der Waals surface area contributed by atoms with Crippen molar-refractivity contribution < 1.29 is 9.18 Å². The Morgan fingerprint density at radius 1 is 1.25 bits per heavy atom. The SMILES string of the molecule is CCCn1nc(C(=O)Nc2ccc(F)cc2)ccc1=O. The van der Waals surface area contributed by atoms with Gasteiger partial charge in [0.15, 0.2) is 0 Å². The predicted octanol–water partition coefficient (Wildman–Crippen LogP) is 2.04. The van der Waals surface area contributed by atoms with Crippen LogP contribution in [-0.4, -0.2) is 15.7 Å². The number of hydrogen-bond donors (Lipinski definition) is 1. The van der Waals surface area contributed by atoms with Gasteiger partial charge in [0.2, 0.25) is 0 Å². The minimum Gasteiger partial charge on any atom is -0.321 e. The van der Waals surface area contributed by atoms with Gasteiger partial charge in [0, 0.05) is 18.3 Å². The molecule has 1 amide bonds. The van der Waals surface area contributed by atoms with Gasteiger partial charge in [-0.25, -0.2) is 9.07 Å². The summed E-state index contributed by atoms with van der Waals surface area (Å²) in [6, 6.07) is 8.09. The largest absolute Gasteiger partial charge is 0.321 e. The molecule has 0 unspecified atom stereocenters. The van der Waals surface area contributed by atoms with Gasteiger partial charge < -0.3 is 5.32 Å². The molecule has 0 saturated heterocycles. The second-order valence-corrected chi connectivity index (χ2v) is 4.24. The normalized spacial score (nSPS) is 10.3. The van der Waals surface area contributed by atoms with Crippen LogP contribution in [0.25, 0.3) is 0 Å². The standard InChI is InChI=1S/C14H14FN3O2/c1-2-9-18-13(19)8-7-12(17-18)14(20)16-11-5-3-10(15)4-6-11/h3-8H,2,9H2,1H3,(H,16,20). The molecule has 2 aromatic rings. The number of nitrogens with one attached hydrogen (secondary N) is 1. The van der Waals surface area contributed by atoms with Gasteiger partial charge in [0.1, 0.15) is 11.5 Å². The van der Waals surface area contributed by atoms with Gasteiger partial charge in [-0.3, -0.25) is 9.59 Å². The summed E-state index contributed by atoms with van der Waals surface area (Å²) in [4.78, 5) is 23.5. The molecule has 0 spiro atoms. The van der Waals surface area contributed by atoms with Crippen molar-refractivity contribution in [3.63, 3.8) is 0 Å². The maximum Gasteiger partial charge on any atom is 0.276 e. The highest BCUT2D eigenvalue weighted by Gasteiger charge is 2.09. The summed E-state index contributed by atoms with van der Waals surface area (Å²) in [5.74, 6) is -0.820. The van der Waals surface area contributed by atoms with E-state index in [0.29, 0.717) is 12.2 Å². The highest BCUT2D eigenvalue weighted by atomic mass is 19.1. The van der Waals surface area contributed by atoms with Gasteiger partial charge in [-0.2, -0.15) is 5.10 Å². The fourth-order valence-corrected chi connectivity index (χ4v) is 1.67. The van der Waals surface area contributed by atoms with Gasteiger partial charge in [-0.1, -0.05) is 6.92 Å². The fourth-order valence-electron chi connectivity index (χ4n) is 1.67. The molecule has 0 aliphatic carbocycles. The third-order valence-corrected chi connectivity index (χ3v) is 2.64. The molecule has 104 valence electrons. The third-order valence-electron chi connectivity index (χ3n) is 2.64. The van der Waals surface area contributed by atoms with E-state index in [0.717, 1.165) is 6.42 Å². The lowest BCUT2D eigenvalue weighted by atomic mass is 10.3. The van der Waals surface area contributed by atoms with E-state index in [4.69, 9.17) is 0 Å². The van der Waals surface area contributed by atoms with Crippen LogP contribution in [0.1, 0.15) is 23.8 Å². The van der Waals surface area contributed by atoms with Crippen molar-refractivity contribution in [1.29, 1.82) is 0 Å². The highest BCUT2D eigenvalue weighted by molar-refractivity contribution is 6.02. The Balaban J connectivity index is 2.18. The monoisotopic (exact) mass is 275 g/mol. The summed E-state index contributed by atoms with van der Waals surface area (Å²) in [6.45, 7) is 2.37. The second-order valence-electron chi connectivity index (χ2n) is 4.24. The van der Waals surface area contributed by atoms with Gasteiger partial charge in [0.25, 0.3) is 11.5 Å².